The fourth-order valence-corrected chi connectivity index (χ4v) is 5.97. The SMILES string of the molecule is CCC1(OC(=O)C2C3CC4C(OCC(=O)C42)C3C)CCCCC1. The molecular weight excluding hydrogens is 292 g/mol. The first-order valence-corrected chi connectivity index (χ1v) is 9.43. The Hall–Kier alpha value is -0.900. The van der Waals surface area contributed by atoms with Gasteiger partial charge in [-0.15, -0.1) is 0 Å². The van der Waals surface area contributed by atoms with Crippen LogP contribution in [0.15, 0.2) is 0 Å². The molecular formula is C19H28O4. The van der Waals surface area contributed by atoms with Crippen molar-refractivity contribution in [3.05, 3.63) is 0 Å². The molecule has 4 heteroatoms. The van der Waals surface area contributed by atoms with Gasteiger partial charge in [0.2, 0.25) is 0 Å². The molecule has 6 unspecified atom stereocenters. The van der Waals surface area contributed by atoms with E-state index in [4.69, 9.17) is 9.47 Å². The van der Waals surface area contributed by atoms with Crippen molar-refractivity contribution in [2.75, 3.05) is 6.61 Å². The third-order valence-corrected chi connectivity index (χ3v) is 7.26. The molecule has 3 aliphatic carbocycles. The molecule has 2 bridgehead atoms. The van der Waals surface area contributed by atoms with Crippen LogP contribution in [0, 0.1) is 29.6 Å². The van der Waals surface area contributed by atoms with Gasteiger partial charge in [-0.1, -0.05) is 20.3 Å². The first-order valence-electron chi connectivity index (χ1n) is 9.43. The number of fused-ring (bicyclic) bond motifs is 1. The molecule has 0 aromatic heterocycles. The van der Waals surface area contributed by atoms with Crippen LogP contribution in [0.4, 0.5) is 0 Å². The normalized spacial score (nSPS) is 44.3. The lowest BCUT2D eigenvalue weighted by Crippen LogP contribution is -2.52. The van der Waals surface area contributed by atoms with E-state index in [0.29, 0.717) is 5.92 Å². The Morgan fingerprint density at radius 3 is 2.70 bits per heavy atom. The highest BCUT2D eigenvalue weighted by atomic mass is 16.6. The van der Waals surface area contributed by atoms with E-state index in [1.54, 1.807) is 0 Å². The zero-order valence-corrected chi connectivity index (χ0v) is 14.3. The molecule has 4 fully saturated rings. The first-order chi connectivity index (χ1) is 11.1. The topological polar surface area (TPSA) is 52.6 Å². The van der Waals surface area contributed by atoms with Gasteiger partial charge in [-0.25, -0.2) is 0 Å². The number of carbonyl (C=O) groups excluding carboxylic acids is 2. The molecule has 0 aromatic carbocycles. The van der Waals surface area contributed by atoms with Crippen LogP contribution in [0.25, 0.3) is 0 Å². The van der Waals surface area contributed by atoms with Crippen LogP contribution in [0.2, 0.25) is 0 Å². The van der Waals surface area contributed by atoms with Gasteiger partial charge in [0, 0.05) is 5.92 Å². The number of Topliss-reactive ketones (excluding diaryl/α,β-unsaturated/α-hetero) is 1. The average Bonchev–Trinajstić information content (AvgIpc) is 3.10. The van der Waals surface area contributed by atoms with Gasteiger partial charge < -0.3 is 9.47 Å². The van der Waals surface area contributed by atoms with Crippen molar-refractivity contribution >= 4 is 11.8 Å². The predicted octanol–water partition coefficient (Wildman–Crippen LogP) is 3.13. The molecule has 1 aliphatic heterocycles. The minimum absolute atomic E-state index is 0.0909. The van der Waals surface area contributed by atoms with Crippen LogP contribution in [0.1, 0.15) is 58.8 Å². The molecule has 4 rings (SSSR count). The Bertz CT molecular complexity index is 507. The lowest BCUT2D eigenvalue weighted by molar-refractivity contribution is -0.183. The van der Waals surface area contributed by atoms with Crippen LogP contribution in [-0.4, -0.2) is 30.1 Å². The number of esters is 1. The van der Waals surface area contributed by atoms with E-state index in [1.807, 2.05) is 0 Å². The van der Waals surface area contributed by atoms with Gasteiger partial charge in [-0.05, 0) is 56.3 Å². The molecule has 3 saturated carbocycles. The van der Waals surface area contributed by atoms with Crippen LogP contribution in [0.3, 0.4) is 0 Å². The highest BCUT2D eigenvalue weighted by molar-refractivity contribution is 5.90. The number of hydrogen-bond donors (Lipinski definition) is 0. The smallest absolute Gasteiger partial charge is 0.310 e. The van der Waals surface area contributed by atoms with Crippen LogP contribution >= 0.6 is 0 Å². The number of rotatable bonds is 3. The van der Waals surface area contributed by atoms with Crippen LogP contribution < -0.4 is 0 Å². The van der Waals surface area contributed by atoms with Crippen molar-refractivity contribution in [2.45, 2.75) is 70.5 Å². The molecule has 0 aromatic rings. The van der Waals surface area contributed by atoms with E-state index >= 15 is 0 Å². The van der Waals surface area contributed by atoms with Gasteiger partial charge in [0.1, 0.15) is 12.2 Å². The lowest BCUT2D eigenvalue weighted by Gasteiger charge is -2.43. The molecule has 128 valence electrons. The number of ketones is 1. The van der Waals surface area contributed by atoms with E-state index in [9.17, 15) is 9.59 Å². The van der Waals surface area contributed by atoms with E-state index in [0.717, 1.165) is 38.5 Å². The zero-order chi connectivity index (χ0) is 16.2. The highest BCUT2D eigenvalue weighted by Gasteiger charge is 2.64. The summed E-state index contributed by atoms with van der Waals surface area (Å²) in [6, 6.07) is 0. The summed E-state index contributed by atoms with van der Waals surface area (Å²) in [5.74, 6) is 0.560. The van der Waals surface area contributed by atoms with Gasteiger partial charge >= 0.3 is 5.97 Å². The Morgan fingerprint density at radius 1 is 1.26 bits per heavy atom. The fourth-order valence-electron chi connectivity index (χ4n) is 5.97. The van der Waals surface area contributed by atoms with E-state index in [2.05, 4.69) is 13.8 Å². The van der Waals surface area contributed by atoms with Crippen molar-refractivity contribution in [3.8, 4) is 0 Å². The van der Waals surface area contributed by atoms with Gasteiger partial charge in [0.15, 0.2) is 5.78 Å². The molecule has 6 atom stereocenters. The molecule has 0 radical (unpaired) electrons. The molecule has 1 saturated heterocycles. The van der Waals surface area contributed by atoms with E-state index in [-0.39, 0.29) is 53.7 Å². The van der Waals surface area contributed by atoms with Crippen molar-refractivity contribution in [2.24, 2.45) is 29.6 Å². The summed E-state index contributed by atoms with van der Waals surface area (Å²) >= 11 is 0. The van der Waals surface area contributed by atoms with E-state index in [1.165, 1.54) is 6.42 Å². The molecule has 4 nitrogen and oxygen atoms in total. The number of hydrogen-bond acceptors (Lipinski definition) is 4. The van der Waals surface area contributed by atoms with Crippen molar-refractivity contribution in [3.63, 3.8) is 0 Å². The summed E-state index contributed by atoms with van der Waals surface area (Å²) in [7, 11) is 0. The van der Waals surface area contributed by atoms with Gasteiger partial charge in [0.05, 0.1) is 12.0 Å². The van der Waals surface area contributed by atoms with Crippen molar-refractivity contribution in [1.29, 1.82) is 0 Å². The maximum absolute atomic E-state index is 13.0. The Balaban J connectivity index is 1.55. The molecule has 1 heterocycles. The average molecular weight is 320 g/mol. The standard InChI is InChI=1S/C19H28O4/c1-3-19(7-5-4-6-8-19)23-18(21)16-12-9-13-15(16)14(20)10-22-17(13)11(12)2/h11-13,15-17H,3-10H2,1-2H3. The molecule has 0 amide bonds. The third-order valence-electron chi connectivity index (χ3n) is 7.26. The second kappa shape index (κ2) is 5.58. The van der Waals surface area contributed by atoms with Crippen LogP contribution in [0.5, 0.6) is 0 Å². The van der Waals surface area contributed by atoms with Crippen molar-refractivity contribution < 1.29 is 19.1 Å². The van der Waals surface area contributed by atoms with E-state index < -0.39 is 0 Å². The lowest BCUT2D eigenvalue weighted by atomic mass is 9.70. The quantitative estimate of drug-likeness (QED) is 0.750. The fraction of sp³-hybridized carbons (Fsp3) is 0.895. The summed E-state index contributed by atoms with van der Waals surface area (Å²) in [6.45, 7) is 4.49. The molecule has 0 N–H and O–H groups in total. The van der Waals surface area contributed by atoms with Crippen LogP contribution in [-0.2, 0) is 19.1 Å². The summed E-state index contributed by atoms with van der Waals surface area (Å²) in [5, 5.41) is 0. The molecule has 4 aliphatic rings. The summed E-state index contributed by atoms with van der Waals surface area (Å²) in [5.41, 5.74) is -0.270. The summed E-state index contributed by atoms with van der Waals surface area (Å²) in [4.78, 5) is 25.4. The number of ether oxygens (including phenoxy) is 2. The second-order valence-corrected chi connectivity index (χ2v) is 8.23. The Morgan fingerprint density at radius 2 is 2.00 bits per heavy atom. The Labute approximate surface area is 138 Å². The maximum atomic E-state index is 13.0. The van der Waals surface area contributed by atoms with Crippen molar-refractivity contribution in [1.82, 2.24) is 0 Å². The zero-order valence-electron chi connectivity index (χ0n) is 14.3. The molecule has 0 spiro atoms. The first kappa shape index (κ1) is 15.6. The van der Waals surface area contributed by atoms with Gasteiger partial charge in [-0.3, -0.25) is 9.59 Å². The summed E-state index contributed by atoms with van der Waals surface area (Å²) < 4.78 is 11.9. The Kier molecular flexibility index (Phi) is 3.79. The second-order valence-electron chi connectivity index (χ2n) is 8.23. The van der Waals surface area contributed by atoms with Gasteiger partial charge in [-0.2, -0.15) is 0 Å². The maximum Gasteiger partial charge on any atom is 0.310 e. The monoisotopic (exact) mass is 320 g/mol. The highest BCUT2D eigenvalue weighted by Crippen LogP contribution is 2.58. The summed E-state index contributed by atoms with van der Waals surface area (Å²) in [6.07, 6.45) is 7.53. The third kappa shape index (κ3) is 2.28. The number of carbonyl (C=O) groups is 2. The van der Waals surface area contributed by atoms with Gasteiger partial charge in [0.25, 0.3) is 0 Å². The largest absolute Gasteiger partial charge is 0.459 e. The predicted molar refractivity (Wildman–Crippen MR) is 84.7 cm³/mol. The minimum Gasteiger partial charge on any atom is -0.459 e. The minimum atomic E-state index is -0.270. The molecule has 23 heavy (non-hydrogen) atoms.